The molecule has 0 N–H and O–H groups in total. The first-order chi connectivity index (χ1) is 15.0. The van der Waals surface area contributed by atoms with E-state index in [1.807, 2.05) is 36.4 Å². The number of fused-ring (bicyclic) bond motifs is 1. The maximum absolute atomic E-state index is 13.6. The summed E-state index contributed by atoms with van der Waals surface area (Å²) < 4.78 is 28.6. The van der Waals surface area contributed by atoms with Crippen molar-refractivity contribution in [1.29, 1.82) is 0 Å². The number of likely N-dealkylation sites (N-methyl/N-ethyl adjacent to an activating group) is 1. The van der Waals surface area contributed by atoms with E-state index in [1.54, 1.807) is 42.9 Å². The van der Waals surface area contributed by atoms with Crippen molar-refractivity contribution in [3.63, 3.8) is 0 Å². The van der Waals surface area contributed by atoms with E-state index in [4.69, 9.17) is 0 Å². The summed E-state index contributed by atoms with van der Waals surface area (Å²) in [6, 6.07) is 18.5. The summed E-state index contributed by atoms with van der Waals surface area (Å²) in [5.41, 5.74) is 4.75. The van der Waals surface area contributed by atoms with Gasteiger partial charge in [0.25, 0.3) is 10.0 Å². The van der Waals surface area contributed by atoms with E-state index in [2.05, 4.69) is 23.0 Å². The molecule has 5 nitrogen and oxygen atoms in total. The molecule has 0 atom stereocenters. The average molecular weight is 430 g/mol. The van der Waals surface area contributed by atoms with Gasteiger partial charge in [-0.05, 0) is 48.9 Å². The van der Waals surface area contributed by atoms with Crippen molar-refractivity contribution in [2.24, 2.45) is 0 Å². The number of hydrogen-bond donors (Lipinski definition) is 0. The number of aromatic nitrogens is 2. The highest BCUT2D eigenvalue weighted by atomic mass is 32.2. The van der Waals surface area contributed by atoms with E-state index in [1.165, 1.54) is 9.55 Å². The summed E-state index contributed by atoms with van der Waals surface area (Å²) in [6.07, 6.45) is 8.41. The normalized spacial score (nSPS) is 15.2. The zero-order valence-electron chi connectivity index (χ0n) is 17.3. The summed E-state index contributed by atoms with van der Waals surface area (Å²) in [5.74, 6) is 0. The van der Waals surface area contributed by atoms with Crippen LogP contribution in [0.3, 0.4) is 0 Å². The molecule has 0 spiro atoms. The van der Waals surface area contributed by atoms with Gasteiger partial charge in [0.15, 0.2) is 0 Å². The van der Waals surface area contributed by atoms with Crippen LogP contribution < -0.4 is 0 Å². The van der Waals surface area contributed by atoms with Crippen molar-refractivity contribution in [1.82, 2.24) is 13.9 Å². The van der Waals surface area contributed by atoms with Crippen molar-refractivity contribution in [3.05, 3.63) is 90.9 Å². The van der Waals surface area contributed by atoms with Crippen LogP contribution in [0.25, 0.3) is 27.6 Å². The third-order valence-electron chi connectivity index (χ3n) is 5.82. The summed E-state index contributed by atoms with van der Waals surface area (Å²) in [5, 5.41) is 0.947. The molecular weight excluding hydrogens is 406 g/mol. The maximum Gasteiger partial charge on any atom is 0.268 e. The van der Waals surface area contributed by atoms with E-state index in [9.17, 15) is 8.42 Å². The van der Waals surface area contributed by atoms with E-state index >= 15 is 0 Å². The Morgan fingerprint density at radius 1 is 0.968 bits per heavy atom. The van der Waals surface area contributed by atoms with Gasteiger partial charge in [0, 0.05) is 48.2 Å². The second kappa shape index (κ2) is 7.80. The number of rotatable bonds is 4. The van der Waals surface area contributed by atoms with Crippen molar-refractivity contribution in [2.45, 2.75) is 11.3 Å². The van der Waals surface area contributed by atoms with Gasteiger partial charge in [-0.25, -0.2) is 12.4 Å². The first kappa shape index (κ1) is 19.7. The molecule has 0 amide bonds. The Labute approximate surface area is 182 Å². The van der Waals surface area contributed by atoms with Crippen LogP contribution in [0, 0.1) is 0 Å². The van der Waals surface area contributed by atoms with Gasteiger partial charge < -0.3 is 4.90 Å². The van der Waals surface area contributed by atoms with E-state index in [0.29, 0.717) is 5.52 Å². The van der Waals surface area contributed by atoms with Gasteiger partial charge in [-0.15, -0.1) is 0 Å². The fourth-order valence-corrected chi connectivity index (χ4v) is 5.47. The number of hydrogen-bond acceptors (Lipinski definition) is 4. The van der Waals surface area contributed by atoms with Crippen LogP contribution in [0.2, 0.25) is 0 Å². The first-order valence-corrected chi connectivity index (χ1v) is 11.7. The average Bonchev–Trinajstić information content (AvgIpc) is 3.20. The topological polar surface area (TPSA) is 55.2 Å². The Hall–Kier alpha value is -3.22. The van der Waals surface area contributed by atoms with Crippen LogP contribution in [0.5, 0.6) is 0 Å². The van der Waals surface area contributed by atoms with Crippen LogP contribution in [0.4, 0.5) is 0 Å². The summed E-state index contributed by atoms with van der Waals surface area (Å²) >= 11 is 0. The fourth-order valence-electron chi connectivity index (χ4n) is 4.09. The molecule has 156 valence electrons. The number of pyridine rings is 1. The van der Waals surface area contributed by atoms with Crippen molar-refractivity contribution < 1.29 is 8.42 Å². The largest absolute Gasteiger partial charge is 0.302 e. The minimum Gasteiger partial charge on any atom is -0.302 e. The van der Waals surface area contributed by atoms with Gasteiger partial charge >= 0.3 is 0 Å². The number of benzene rings is 2. The zero-order valence-corrected chi connectivity index (χ0v) is 18.1. The number of nitrogens with zero attached hydrogens (tertiary/aromatic N) is 3. The Morgan fingerprint density at radius 3 is 2.52 bits per heavy atom. The maximum atomic E-state index is 13.6. The summed E-state index contributed by atoms with van der Waals surface area (Å²) in [4.78, 5) is 6.74. The molecule has 4 aromatic rings. The quantitative estimate of drug-likeness (QED) is 0.474. The van der Waals surface area contributed by atoms with Gasteiger partial charge in [0.1, 0.15) is 0 Å². The minimum atomic E-state index is -3.73. The summed E-state index contributed by atoms with van der Waals surface area (Å²) in [7, 11) is -1.64. The van der Waals surface area contributed by atoms with Gasteiger partial charge in [-0.1, -0.05) is 42.5 Å². The van der Waals surface area contributed by atoms with Crippen LogP contribution in [-0.2, 0) is 10.0 Å². The predicted octanol–water partition coefficient (Wildman–Crippen LogP) is 4.66. The monoisotopic (exact) mass is 429 g/mol. The second-order valence-corrected chi connectivity index (χ2v) is 9.69. The molecule has 0 radical (unpaired) electrons. The van der Waals surface area contributed by atoms with E-state index < -0.39 is 10.0 Å². The highest BCUT2D eigenvalue weighted by molar-refractivity contribution is 7.90. The van der Waals surface area contributed by atoms with Gasteiger partial charge in [-0.2, -0.15) is 0 Å². The molecular formula is C25H23N3O2S. The lowest BCUT2D eigenvalue weighted by molar-refractivity contribution is 0.370. The van der Waals surface area contributed by atoms with Crippen molar-refractivity contribution >= 4 is 26.5 Å². The standard InChI is InChI=1S/C25H23N3O2S/c1-27-14-11-19(12-15-27)24-18-28(31(29,30)22-7-3-2-4-8-22)25-16-20(9-10-23(24)25)21-6-5-13-26-17-21/h2-11,13,16-18H,12,14-15H2,1H3. The van der Waals surface area contributed by atoms with Crippen LogP contribution in [0.1, 0.15) is 12.0 Å². The molecule has 1 aliphatic rings. The third-order valence-corrected chi connectivity index (χ3v) is 7.51. The molecule has 2 aromatic heterocycles. The Bertz CT molecular complexity index is 1370. The molecule has 0 saturated heterocycles. The molecule has 3 heterocycles. The van der Waals surface area contributed by atoms with Crippen molar-refractivity contribution in [3.8, 4) is 11.1 Å². The smallest absolute Gasteiger partial charge is 0.268 e. The molecule has 0 unspecified atom stereocenters. The molecule has 0 aliphatic carbocycles. The molecule has 5 rings (SSSR count). The molecule has 0 bridgehead atoms. The van der Waals surface area contributed by atoms with Gasteiger partial charge in [0.05, 0.1) is 10.4 Å². The first-order valence-electron chi connectivity index (χ1n) is 10.3. The molecule has 0 saturated carbocycles. The Balaban J connectivity index is 1.75. The highest BCUT2D eigenvalue weighted by Crippen LogP contribution is 2.35. The molecule has 0 fully saturated rings. The second-order valence-electron chi connectivity index (χ2n) is 7.87. The molecule has 31 heavy (non-hydrogen) atoms. The van der Waals surface area contributed by atoms with E-state index in [0.717, 1.165) is 41.6 Å². The zero-order chi connectivity index (χ0) is 21.4. The predicted molar refractivity (Wildman–Crippen MR) is 124 cm³/mol. The minimum absolute atomic E-state index is 0.280. The van der Waals surface area contributed by atoms with Crippen LogP contribution >= 0.6 is 0 Å². The molecule has 1 aliphatic heterocycles. The van der Waals surface area contributed by atoms with Crippen molar-refractivity contribution in [2.75, 3.05) is 20.1 Å². The lowest BCUT2D eigenvalue weighted by Gasteiger charge is -2.21. The fraction of sp³-hybridized carbons (Fsp3) is 0.160. The highest BCUT2D eigenvalue weighted by Gasteiger charge is 2.23. The Kier molecular flexibility index (Phi) is 4.96. The summed E-state index contributed by atoms with van der Waals surface area (Å²) in [6.45, 7) is 1.82. The lowest BCUT2D eigenvalue weighted by Crippen LogP contribution is -2.23. The molecule has 2 aromatic carbocycles. The Morgan fingerprint density at radius 2 is 1.81 bits per heavy atom. The van der Waals surface area contributed by atoms with E-state index in [-0.39, 0.29) is 4.90 Å². The third kappa shape index (κ3) is 3.58. The molecule has 6 heteroatoms. The van der Waals surface area contributed by atoms with Crippen LogP contribution in [-0.4, -0.2) is 42.4 Å². The lowest BCUT2D eigenvalue weighted by atomic mass is 9.98. The van der Waals surface area contributed by atoms with Gasteiger partial charge in [-0.3, -0.25) is 4.98 Å². The van der Waals surface area contributed by atoms with Gasteiger partial charge in [0.2, 0.25) is 0 Å². The van der Waals surface area contributed by atoms with Crippen LogP contribution in [0.15, 0.2) is 90.2 Å². The SMILES string of the molecule is CN1CC=C(c2cn(S(=O)(=O)c3ccccc3)c3cc(-c4cccnc4)ccc23)CC1.